The first-order chi connectivity index (χ1) is 9.72. The van der Waals surface area contributed by atoms with Gasteiger partial charge < -0.3 is 14.6 Å². The molecule has 0 heterocycles. The van der Waals surface area contributed by atoms with Crippen LogP contribution in [0.5, 0.6) is 0 Å². The fourth-order valence-corrected chi connectivity index (χ4v) is 2.82. The molecule has 5 heteroatoms. The lowest BCUT2D eigenvalue weighted by Crippen LogP contribution is -2.39. The van der Waals surface area contributed by atoms with Crippen molar-refractivity contribution in [3.05, 3.63) is 0 Å². The van der Waals surface area contributed by atoms with Gasteiger partial charge in [0.15, 0.2) is 6.10 Å². The third-order valence-corrected chi connectivity index (χ3v) is 4.19. The molecule has 0 amide bonds. The molecular formula is C16H28O5. The Bertz CT molecular complexity index is 364. The number of hydrogen-bond acceptors (Lipinski definition) is 5. The summed E-state index contributed by atoms with van der Waals surface area (Å²) in [6, 6.07) is 0. The molecule has 0 bridgehead atoms. The molecule has 1 rings (SSSR count). The molecule has 0 spiro atoms. The number of hydrogen-bond donors (Lipinski definition) is 1. The van der Waals surface area contributed by atoms with E-state index in [-0.39, 0.29) is 6.10 Å². The van der Waals surface area contributed by atoms with E-state index in [1.807, 2.05) is 0 Å². The Morgan fingerprint density at radius 2 is 1.71 bits per heavy atom. The van der Waals surface area contributed by atoms with E-state index in [1.54, 1.807) is 0 Å². The molecule has 1 aliphatic rings. The maximum Gasteiger partial charge on any atom is 0.347 e. The van der Waals surface area contributed by atoms with Crippen LogP contribution >= 0.6 is 0 Å². The van der Waals surface area contributed by atoms with E-state index < -0.39 is 24.1 Å². The van der Waals surface area contributed by atoms with Crippen LogP contribution in [0.3, 0.4) is 0 Å². The smallest absolute Gasteiger partial charge is 0.347 e. The molecule has 122 valence electrons. The number of aliphatic hydroxyl groups excluding tert-OH is 1. The van der Waals surface area contributed by atoms with Gasteiger partial charge in [-0.1, -0.05) is 27.2 Å². The van der Waals surface area contributed by atoms with Gasteiger partial charge in [-0.2, -0.15) is 0 Å². The van der Waals surface area contributed by atoms with Crippen LogP contribution in [0.25, 0.3) is 0 Å². The highest BCUT2D eigenvalue weighted by Gasteiger charge is 2.35. The predicted molar refractivity (Wildman–Crippen MR) is 78.5 cm³/mol. The van der Waals surface area contributed by atoms with E-state index >= 15 is 0 Å². The quantitative estimate of drug-likeness (QED) is 0.789. The van der Waals surface area contributed by atoms with Gasteiger partial charge in [-0.3, -0.25) is 0 Å². The van der Waals surface area contributed by atoms with E-state index in [4.69, 9.17) is 14.6 Å². The Kier molecular flexibility index (Phi) is 6.65. The number of rotatable bonds is 5. The van der Waals surface area contributed by atoms with Crippen LogP contribution in [0.15, 0.2) is 0 Å². The number of ether oxygens (including phenoxy) is 2. The molecule has 0 aromatic heterocycles. The van der Waals surface area contributed by atoms with Crippen LogP contribution in [0.4, 0.5) is 0 Å². The monoisotopic (exact) mass is 300 g/mol. The maximum absolute atomic E-state index is 12.1. The van der Waals surface area contributed by atoms with Gasteiger partial charge in [0.2, 0.25) is 0 Å². The van der Waals surface area contributed by atoms with Crippen LogP contribution in [0.2, 0.25) is 0 Å². The molecule has 0 aromatic carbocycles. The molecule has 0 radical (unpaired) electrons. The minimum atomic E-state index is -1.24. The Labute approximate surface area is 127 Å². The van der Waals surface area contributed by atoms with E-state index in [0.717, 1.165) is 19.3 Å². The topological polar surface area (TPSA) is 72.8 Å². The first-order valence-corrected chi connectivity index (χ1v) is 7.81. The van der Waals surface area contributed by atoms with Crippen molar-refractivity contribution < 1.29 is 24.2 Å². The highest BCUT2D eigenvalue weighted by molar-refractivity contribution is 5.80. The molecule has 5 nitrogen and oxygen atoms in total. The standard InChI is InChI=1S/C16H28O5/c1-9(2)13-7-6-10(3)8-14(13)21-16(19)12(5)20-15(18)11(4)17/h9-14,17H,6-8H2,1-5H3/t10-,11-,12-,13+,14-/m1/s1. The molecule has 0 aliphatic heterocycles. The summed E-state index contributed by atoms with van der Waals surface area (Å²) < 4.78 is 10.5. The van der Waals surface area contributed by atoms with Crippen molar-refractivity contribution in [2.24, 2.45) is 17.8 Å². The molecule has 1 saturated carbocycles. The molecule has 1 fully saturated rings. The maximum atomic E-state index is 12.1. The summed E-state index contributed by atoms with van der Waals surface area (Å²) >= 11 is 0. The summed E-state index contributed by atoms with van der Waals surface area (Å²) in [5.41, 5.74) is 0. The second-order valence-electron chi connectivity index (χ2n) is 6.56. The zero-order valence-electron chi connectivity index (χ0n) is 13.7. The molecule has 1 aliphatic carbocycles. The van der Waals surface area contributed by atoms with E-state index in [9.17, 15) is 9.59 Å². The average Bonchev–Trinajstić information content (AvgIpc) is 2.37. The molecule has 21 heavy (non-hydrogen) atoms. The van der Waals surface area contributed by atoms with Gasteiger partial charge in [0.05, 0.1) is 0 Å². The predicted octanol–water partition coefficient (Wildman–Crippen LogP) is 2.30. The number of carbonyl (C=O) groups is 2. The SMILES string of the molecule is CC(C)[C@@H]1CC[C@@H](C)C[C@H]1OC(=O)[C@@H](C)OC(=O)[C@@H](C)O. The van der Waals surface area contributed by atoms with Gasteiger partial charge in [-0.05, 0) is 44.4 Å². The number of carbonyl (C=O) groups excluding carboxylic acids is 2. The molecule has 0 saturated heterocycles. The van der Waals surface area contributed by atoms with Gasteiger partial charge in [-0.25, -0.2) is 9.59 Å². The number of esters is 2. The summed E-state index contributed by atoms with van der Waals surface area (Å²) in [7, 11) is 0. The van der Waals surface area contributed by atoms with Crippen LogP contribution in [-0.2, 0) is 19.1 Å². The van der Waals surface area contributed by atoms with Gasteiger partial charge in [-0.15, -0.1) is 0 Å². The van der Waals surface area contributed by atoms with Crippen molar-refractivity contribution in [3.63, 3.8) is 0 Å². The third kappa shape index (κ3) is 5.30. The Hall–Kier alpha value is -1.10. The van der Waals surface area contributed by atoms with Crippen LogP contribution < -0.4 is 0 Å². The minimum absolute atomic E-state index is 0.117. The van der Waals surface area contributed by atoms with Gasteiger partial charge >= 0.3 is 11.9 Å². The number of aliphatic hydroxyl groups is 1. The Balaban J connectivity index is 2.59. The van der Waals surface area contributed by atoms with Crippen molar-refractivity contribution in [1.29, 1.82) is 0 Å². The van der Waals surface area contributed by atoms with Gasteiger partial charge in [0.1, 0.15) is 12.2 Å². The fourth-order valence-electron chi connectivity index (χ4n) is 2.82. The zero-order valence-corrected chi connectivity index (χ0v) is 13.7. The van der Waals surface area contributed by atoms with Gasteiger partial charge in [0.25, 0.3) is 0 Å². The summed E-state index contributed by atoms with van der Waals surface area (Å²) in [4.78, 5) is 23.4. The van der Waals surface area contributed by atoms with Crippen molar-refractivity contribution in [3.8, 4) is 0 Å². The first kappa shape index (κ1) is 18.0. The van der Waals surface area contributed by atoms with Crippen molar-refractivity contribution in [2.75, 3.05) is 0 Å². The summed E-state index contributed by atoms with van der Waals surface area (Å²) in [5, 5.41) is 9.10. The lowest BCUT2D eigenvalue weighted by molar-refractivity contribution is -0.178. The molecule has 0 unspecified atom stereocenters. The molecular weight excluding hydrogens is 272 g/mol. The summed E-state index contributed by atoms with van der Waals surface area (Å²) in [6.07, 6.45) is 0.720. The van der Waals surface area contributed by atoms with E-state index in [1.165, 1.54) is 13.8 Å². The van der Waals surface area contributed by atoms with E-state index in [2.05, 4.69) is 20.8 Å². The average molecular weight is 300 g/mol. The third-order valence-electron chi connectivity index (χ3n) is 4.19. The normalized spacial score (nSPS) is 28.8. The van der Waals surface area contributed by atoms with Gasteiger partial charge in [0, 0.05) is 0 Å². The van der Waals surface area contributed by atoms with E-state index in [0.29, 0.717) is 17.8 Å². The zero-order chi connectivity index (χ0) is 16.2. The highest BCUT2D eigenvalue weighted by atomic mass is 16.6. The second-order valence-corrected chi connectivity index (χ2v) is 6.56. The largest absolute Gasteiger partial charge is 0.459 e. The fraction of sp³-hybridized carbons (Fsp3) is 0.875. The van der Waals surface area contributed by atoms with Crippen LogP contribution in [0, 0.1) is 17.8 Å². The Morgan fingerprint density at radius 1 is 1.10 bits per heavy atom. The summed E-state index contributed by atoms with van der Waals surface area (Å²) in [5.74, 6) is -0.00539. The highest BCUT2D eigenvalue weighted by Crippen LogP contribution is 2.35. The van der Waals surface area contributed by atoms with Crippen LogP contribution in [-0.4, -0.2) is 35.4 Å². The lowest BCUT2D eigenvalue weighted by atomic mass is 9.75. The molecule has 1 N–H and O–H groups in total. The first-order valence-electron chi connectivity index (χ1n) is 7.81. The lowest BCUT2D eigenvalue weighted by Gasteiger charge is -2.37. The molecule has 0 aromatic rings. The Morgan fingerprint density at radius 3 is 2.24 bits per heavy atom. The van der Waals surface area contributed by atoms with Crippen LogP contribution in [0.1, 0.15) is 53.9 Å². The van der Waals surface area contributed by atoms with Crippen molar-refractivity contribution in [1.82, 2.24) is 0 Å². The van der Waals surface area contributed by atoms with Crippen molar-refractivity contribution >= 4 is 11.9 Å². The summed E-state index contributed by atoms with van der Waals surface area (Å²) in [6.45, 7) is 9.21. The molecule has 5 atom stereocenters. The second kappa shape index (κ2) is 7.78. The van der Waals surface area contributed by atoms with Crippen molar-refractivity contribution in [2.45, 2.75) is 72.2 Å². The minimum Gasteiger partial charge on any atom is -0.459 e.